The van der Waals surface area contributed by atoms with E-state index in [0.717, 1.165) is 0 Å². The fraction of sp³-hybridized carbons (Fsp3) is 0.559. The summed E-state index contributed by atoms with van der Waals surface area (Å²) in [6, 6.07) is 7.93. The maximum atomic E-state index is 13.8. The number of benzene rings is 2. The summed E-state index contributed by atoms with van der Waals surface area (Å²) in [6.07, 6.45) is -23.6. The van der Waals surface area contributed by atoms with Crippen molar-refractivity contribution >= 4 is 11.0 Å². The van der Waals surface area contributed by atoms with E-state index in [1.54, 1.807) is 0 Å². The molecule has 6 rings (SSSR count). The summed E-state index contributed by atoms with van der Waals surface area (Å²) in [4.78, 5) is 13.8. The molecule has 0 saturated carbocycles. The minimum Gasteiger partial charge on any atom is -0.508 e. The standard InChI is InChI=1S/C34H42O19/c1-11-20(37)23(40)26(43)33(48-11)52-29-12(2)49-32(28(45)25(29)42)47-10-18-21(38)24(41)27(44)34(51-18)53-31-22(39)19-16(36)8-15(46-3)9-17(19)50-30(31)13-4-6-14(35)7-5-13/h4-9,11-12,18,20-21,23-29,32-38,40-45H,10H2,1-3H3/t11-,12-,18-,20-,21-,23-,24-,25-,26-,27-,28+,29+,32+,33-,34-/m0/s1. The molecule has 2 aromatic carbocycles. The maximum absolute atomic E-state index is 13.8. The Morgan fingerprint density at radius 1 is 0.698 bits per heavy atom. The molecule has 3 aliphatic heterocycles. The molecule has 292 valence electrons. The first kappa shape index (κ1) is 39.0. The molecule has 15 atom stereocenters. The number of phenolic OH excluding ortho intramolecular Hbond substituents is 2. The number of phenols is 2. The van der Waals surface area contributed by atoms with Crippen molar-refractivity contribution in [3.05, 3.63) is 46.6 Å². The number of rotatable bonds is 9. The highest BCUT2D eigenvalue weighted by molar-refractivity contribution is 5.88. The van der Waals surface area contributed by atoms with Gasteiger partial charge in [0.2, 0.25) is 17.5 Å². The minimum atomic E-state index is -1.95. The Hall–Kier alpha value is -3.67. The fourth-order valence-corrected chi connectivity index (χ4v) is 6.36. The van der Waals surface area contributed by atoms with Crippen LogP contribution in [0.4, 0.5) is 0 Å². The smallest absolute Gasteiger partial charge is 0.239 e. The van der Waals surface area contributed by atoms with Crippen LogP contribution >= 0.6 is 0 Å². The normalized spacial score (nSPS) is 37.8. The van der Waals surface area contributed by atoms with E-state index in [1.807, 2.05) is 0 Å². The molecule has 53 heavy (non-hydrogen) atoms. The van der Waals surface area contributed by atoms with Gasteiger partial charge < -0.3 is 88.6 Å². The SMILES string of the molecule is COc1cc(O)c2c(=O)c(O[C@@H]3O[C@@H](CO[C@@H]4O[C@@H](C)[C@@H](O[C@@H]5O[C@@H](C)[C@H](O)[C@H](O)[C@@H]5O)[C@@H](O)[C@H]4O)[C@H](O)[C@H](O)[C@@H]3O)c(-c3ccc(O)cc3)oc2c1. The number of aliphatic hydroxyl groups is 8. The first-order chi connectivity index (χ1) is 25.1. The van der Waals surface area contributed by atoms with Crippen LogP contribution in [-0.4, -0.2) is 157 Å². The number of fused-ring (bicyclic) bond motifs is 1. The Kier molecular flexibility index (Phi) is 11.5. The average molecular weight is 755 g/mol. The average Bonchev–Trinajstić information content (AvgIpc) is 3.13. The molecule has 0 bridgehead atoms. The summed E-state index contributed by atoms with van der Waals surface area (Å²) in [6.45, 7) is 2.25. The molecular formula is C34H42O19. The lowest BCUT2D eigenvalue weighted by atomic mass is 9.97. The van der Waals surface area contributed by atoms with Crippen molar-refractivity contribution in [2.24, 2.45) is 0 Å². The molecule has 3 aliphatic rings. The van der Waals surface area contributed by atoms with E-state index in [9.17, 15) is 55.9 Å². The highest BCUT2D eigenvalue weighted by atomic mass is 16.7. The first-order valence-electron chi connectivity index (χ1n) is 16.6. The maximum Gasteiger partial charge on any atom is 0.239 e. The van der Waals surface area contributed by atoms with Crippen LogP contribution in [0.3, 0.4) is 0 Å². The fourth-order valence-electron chi connectivity index (χ4n) is 6.36. The molecule has 0 radical (unpaired) electrons. The van der Waals surface area contributed by atoms with Crippen LogP contribution in [0, 0.1) is 0 Å². The molecule has 10 N–H and O–H groups in total. The Labute approximate surface area is 300 Å². The van der Waals surface area contributed by atoms with Crippen LogP contribution in [0.2, 0.25) is 0 Å². The molecule has 1 aromatic heterocycles. The summed E-state index contributed by atoms with van der Waals surface area (Å²) < 4.78 is 45.1. The number of hydrogen-bond acceptors (Lipinski definition) is 19. The molecule has 3 saturated heterocycles. The Morgan fingerprint density at radius 2 is 1.32 bits per heavy atom. The molecule has 3 aromatic rings. The third-order valence-electron chi connectivity index (χ3n) is 9.48. The van der Waals surface area contributed by atoms with E-state index in [2.05, 4.69) is 0 Å². The molecule has 3 fully saturated rings. The van der Waals surface area contributed by atoms with Crippen molar-refractivity contribution in [2.75, 3.05) is 13.7 Å². The molecule has 0 unspecified atom stereocenters. The summed E-state index contributed by atoms with van der Waals surface area (Å²) >= 11 is 0. The van der Waals surface area contributed by atoms with Crippen molar-refractivity contribution < 1.29 is 88.6 Å². The van der Waals surface area contributed by atoms with Gasteiger partial charge in [-0.2, -0.15) is 0 Å². The van der Waals surface area contributed by atoms with Gasteiger partial charge in [-0.3, -0.25) is 4.79 Å². The summed E-state index contributed by atoms with van der Waals surface area (Å²) in [5, 5.41) is 105. The van der Waals surface area contributed by atoms with Gasteiger partial charge in [-0.15, -0.1) is 0 Å². The Bertz CT molecular complexity index is 1780. The van der Waals surface area contributed by atoms with Gasteiger partial charge >= 0.3 is 0 Å². The zero-order valence-corrected chi connectivity index (χ0v) is 28.5. The molecule has 0 aliphatic carbocycles. The second-order valence-electron chi connectivity index (χ2n) is 13.1. The van der Waals surface area contributed by atoms with E-state index in [-0.39, 0.29) is 33.8 Å². The van der Waals surface area contributed by atoms with Crippen molar-refractivity contribution in [3.63, 3.8) is 0 Å². The van der Waals surface area contributed by atoms with E-state index in [0.29, 0.717) is 0 Å². The second-order valence-corrected chi connectivity index (χ2v) is 13.1. The van der Waals surface area contributed by atoms with Gasteiger partial charge in [-0.25, -0.2) is 0 Å². The molecule has 19 nitrogen and oxygen atoms in total. The van der Waals surface area contributed by atoms with Crippen LogP contribution in [0.25, 0.3) is 22.3 Å². The lowest BCUT2D eigenvalue weighted by Gasteiger charge is -2.46. The zero-order valence-electron chi connectivity index (χ0n) is 28.5. The predicted octanol–water partition coefficient (Wildman–Crippen LogP) is -2.24. The van der Waals surface area contributed by atoms with Gasteiger partial charge in [0.05, 0.1) is 25.9 Å². The first-order valence-corrected chi connectivity index (χ1v) is 16.6. The van der Waals surface area contributed by atoms with E-state index < -0.39 is 116 Å². The van der Waals surface area contributed by atoms with Crippen LogP contribution < -0.4 is 14.9 Å². The van der Waals surface area contributed by atoms with Crippen molar-refractivity contribution in [1.29, 1.82) is 0 Å². The third-order valence-corrected chi connectivity index (χ3v) is 9.48. The van der Waals surface area contributed by atoms with Crippen molar-refractivity contribution in [3.8, 4) is 34.3 Å². The van der Waals surface area contributed by atoms with Gasteiger partial charge in [0.25, 0.3) is 0 Å². The highest BCUT2D eigenvalue weighted by Crippen LogP contribution is 2.38. The number of ether oxygens (including phenoxy) is 7. The summed E-state index contributed by atoms with van der Waals surface area (Å²) in [5.74, 6) is -1.25. The number of aromatic hydroxyl groups is 2. The van der Waals surface area contributed by atoms with Gasteiger partial charge in [-0.1, -0.05) is 0 Å². The number of methoxy groups -OCH3 is 1. The van der Waals surface area contributed by atoms with Crippen molar-refractivity contribution in [2.45, 2.75) is 106 Å². The summed E-state index contributed by atoms with van der Waals surface area (Å²) in [7, 11) is 1.34. The Balaban J connectivity index is 1.19. The van der Waals surface area contributed by atoms with Crippen LogP contribution in [-0.2, 0) is 23.7 Å². The summed E-state index contributed by atoms with van der Waals surface area (Å²) in [5.41, 5.74) is -0.794. The lowest BCUT2D eigenvalue weighted by Crippen LogP contribution is -2.63. The van der Waals surface area contributed by atoms with Crippen LogP contribution in [0.5, 0.6) is 23.0 Å². The third kappa shape index (κ3) is 7.54. The van der Waals surface area contributed by atoms with E-state index in [1.165, 1.54) is 57.4 Å². The highest BCUT2D eigenvalue weighted by Gasteiger charge is 2.51. The monoisotopic (exact) mass is 754 g/mol. The molecule has 19 heteroatoms. The van der Waals surface area contributed by atoms with Crippen LogP contribution in [0.15, 0.2) is 45.6 Å². The molecular weight excluding hydrogens is 712 g/mol. The van der Waals surface area contributed by atoms with Gasteiger partial charge in [-0.05, 0) is 38.1 Å². The van der Waals surface area contributed by atoms with Crippen LogP contribution in [0.1, 0.15) is 13.8 Å². The number of hydrogen-bond donors (Lipinski definition) is 10. The molecule has 0 amide bonds. The minimum absolute atomic E-state index is 0.0994. The van der Waals surface area contributed by atoms with E-state index in [4.69, 9.17) is 37.6 Å². The Morgan fingerprint density at radius 3 is 2.00 bits per heavy atom. The lowest BCUT2D eigenvalue weighted by molar-refractivity contribution is -0.357. The topological polar surface area (TPSA) is 297 Å². The zero-order chi connectivity index (χ0) is 38.5. The van der Waals surface area contributed by atoms with Crippen molar-refractivity contribution in [1.82, 2.24) is 0 Å². The largest absolute Gasteiger partial charge is 0.508 e. The number of aliphatic hydroxyl groups excluding tert-OH is 8. The molecule has 0 spiro atoms. The van der Waals surface area contributed by atoms with Gasteiger partial charge in [0, 0.05) is 17.7 Å². The second kappa shape index (κ2) is 15.6. The predicted molar refractivity (Wildman–Crippen MR) is 175 cm³/mol. The molecule has 4 heterocycles. The van der Waals surface area contributed by atoms with Gasteiger partial charge in [0.15, 0.2) is 18.3 Å². The van der Waals surface area contributed by atoms with Gasteiger partial charge in [0.1, 0.15) is 89.3 Å². The van der Waals surface area contributed by atoms with E-state index >= 15 is 0 Å². The quantitative estimate of drug-likeness (QED) is 0.110.